The molecule has 0 bridgehead atoms. The zero-order chi connectivity index (χ0) is 11.4. The van der Waals surface area contributed by atoms with E-state index in [1.165, 1.54) is 38.5 Å². The van der Waals surface area contributed by atoms with Crippen molar-refractivity contribution in [3.63, 3.8) is 0 Å². The van der Waals surface area contributed by atoms with Crippen LogP contribution in [0.4, 0.5) is 0 Å². The molecule has 93 valence electrons. The molecule has 0 amide bonds. The standard InChI is InChI=1S/C15H27O/c1-3-9-16-15-11-14-8-6-5-7-13(14)10-12(15)4-2/h4,12-15H,3,5-11H2,1-2H3. The molecule has 1 radical (unpaired) electrons. The van der Waals surface area contributed by atoms with E-state index >= 15 is 0 Å². The van der Waals surface area contributed by atoms with E-state index in [1.54, 1.807) is 0 Å². The summed E-state index contributed by atoms with van der Waals surface area (Å²) in [6.45, 7) is 5.37. The van der Waals surface area contributed by atoms with Crippen LogP contribution >= 0.6 is 0 Å². The van der Waals surface area contributed by atoms with Gasteiger partial charge in [0.2, 0.25) is 0 Å². The van der Waals surface area contributed by atoms with E-state index in [4.69, 9.17) is 4.74 Å². The summed E-state index contributed by atoms with van der Waals surface area (Å²) in [6.07, 6.45) is 12.7. The molecule has 1 nitrogen and oxygen atoms in total. The van der Waals surface area contributed by atoms with Gasteiger partial charge in [-0.3, -0.25) is 0 Å². The number of hydrogen-bond donors (Lipinski definition) is 0. The largest absolute Gasteiger partial charge is 0.378 e. The van der Waals surface area contributed by atoms with Crippen molar-refractivity contribution in [2.45, 2.75) is 64.9 Å². The average Bonchev–Trinajstić information content (AvgIpc) is 2.35. The maximum Gasteiger partial charge on any atom is 0.0608 e. The van der Waals surface area contributed by atoms with Gasteiger partial charge < -0.3 is 4.74 Å². The Bertz CT molecular complexity index is 202. The van der Waals surface area contributed by atoms with E-state index in [1.807, 2.05) is 0 Å². The molecule has 0 saturated heterocycles. The quantitative estimate of drug-likeness (QED) is 0.693. The van der Waals surface area contributed by atoms with E-state index in [0.717, 1.165) is 30.8 Å². The van der Waals surface area contributed by atoms with Gasteiger partial charge in [-0.15, -0.1) is 0 Å². The number of fused-ring (bicyclic) bond motifs is 1. The minimum Gasteiger partial charge on any atom is -0.378 e. The molecule has 16 heavy (non-hydrogen) atoms. The molecule has 0 spiro atoms. The molecule has 4 atom stereocenters. The van der Waals surface area contributed by atoms with Crippen molar-refractivity contribution in [3.05, 3.63) is 6.42 Å². The van der Waals surface area contributed by atoms with Gasteiger partial charge in [-0.05, 0) is 43.4 Å². The minimum absolute atomic E-state index is 0.532. The van der Waals surface area contributed by atoms with Crippen molar-refractivity contribution in [2.75, 3.05) is 6.61 Å². The van der Waals surface area contributed by atoms with Crippen molar-refractivity contribution in [1.82, 2.24) is 0 Å². The molecule has 0 aromatic rings. The van der Waals surface area contributed by atoms with Crippen LogP contribution in [0.3, 0.4) is 0 Å². The number of hydrogen-bond acceptors (Lipinski definition) is 1. The molecule has 2 fully saturated rings. The van der Waals surface area contributed by atoms with Crippen LogP contribution in [-0.2, 0) is 4.74 Å². The monoisotopic (exact) mass is 223 g/mol. The first kappa shape index (κ1) is 12.4. The van der Waals surface area contributed by atoms with Crippen molar-refractivity contribution in [3.8, 4) is 0 Å². The van der Waals surface area contributed by atoms with Gasteiger partial charge in [-0.25, -0.2) is 0 Å². The predicted molar refractivity (Wildman–Crippen MR) is 68.2 cm³/mol. The summed E-state index contributed by atoms with van der Waals surface area (Å²) in [7, 11) is 0. The Balaban J connectivity index is 1.91. The molecule has 0 N–H and O–H groups in total. The molecule has 2 aliphatic rings. The molecule has 2 saturated carbocycles. The Kier molecular flexibility index (Phi) is 4.69. The maximum atomic E-state index is 6.05. The van der Waals surface area contributed by atoms with Crippen molar-refractivity contribution in [2.24, 2.45) is 17.8 Å². The molecule has 2 rings (SSSR count). The fourth-order valence-corrected chi connectivity index (χ4v) is 3.69. The molecule has 0 aliphatic heterocycles. The van der Waals surface area contributed by atoms with Crippen LogP contribution in [-0.4, -0.2) is 12.7 Å². The summed E-state index contributed by atoms with van der Waals surface area (Å²) < 4.78 is 6.05. The molecule has 0 heterocycles. The van der Waals surface area contributed by atoms with Gasteiger partial charge in [0, 0.05) is 6.61 Å². The summed E-state index contributed by atoms with van der Waals surface area (Å²) in [4.78, 5) is 0. The lowest BCUT2D eigenvalue weighted by molar-refractivity contribution is -0.0420. The summed E-state index contributed by atoms with van der Waals surface area (Å²) in [5, 5.41) is 0. The van der Waals surface area contributed by atoms with Gasteiger partial charge in [0.25, 0.3) is 0 Å². The lowest BCUT2D eigenvalue weighted by Crippen LogP contribution is -2.38. The summed E-state index contributed by atoms with van der Waals surface area (Å²) in [5.74, 6) is 2.72. The van der Waals surface area contributed by atoms with E-state index in [-0.39, 0.29) is 0 Å². The molecule has 0 aromatic carbocycles. The molecular weight excluding hydrogens is 196 g/mol. The third kappa shape index (κ3) is 2.80. The third-order valence-electron chi connectivity index (χ3n) is 4.62. The minimum atomic E-state index is 0.532. The normalized spacial score (nSPS) is 39.4. The zero-order valence-corrected chi connectivity index (χ0v) is 11.0. The molecular formula is C15H27O. The fourth-order valence-electron chi connectivity index (χ4n) is 3.69. The number of rotatable bonds is 4. The van der Waals surface area contributed by atoms with E-state index in [0.29, 0.717) is 6.10 Å². The second-order valence-corrected chi connectivity index (χ2v) is 5.68. The highest BCUT2D eigenvalue weighted by Crippen LogP contribution is 2.44. The van der Waals surface area contributed by atoms with E-state index in [2.05, 4.69) is 20.3 Å². The highest BCUT2D eigenvalue weighted by Gasteiger charge is 2.37. The van der Waals surface area contributed by atoms with Crippen LogP contribution in [0.5, 0.6) is 0 Å². The highest BCUT2D eigenvalue weighted by atomic mass is 16.5. The SMILES string of the molecule is C[CH]C1CC2CCCCC2CC1OCCC. The molecule has 4 unspecified atom stereocenters. The Labute approximate surface area is 101 Å². The maximum absolute atomic E-state index is 6.05. The smallest absolute Gasteiger partial charge is 0.0608 e. The van der Waals surface area contributed by atoms with Gasteiger partial charge in [-0.1, -0.05) is 39.5 Å². The Hall–Kier alpha value is -0.0400. The van der Waals surface area contributed by atoms with Crippen LogP contribution in [0.2, 0.25) is 0 Å². The Morgan fingerprint density at radius 2 is 1.81 bits per heavy atom. The summed E-state index contributed by atoms with van der Waals surface area (Å²) in [5.41, 5.74) is 0. The van der Waals surface area contributed by atoms with Crippen molar-refractivity contribution < 1.29 is 4.74 Å². The number of ether oxygens (including phenoxy) is 1. The van der Waals surface area contributed by atoms with Crippen LogP contribution in [0.15, 0.2) is 0 Å². The topological polar surface area (TPSA) is 9.23 Å². The first-order valence-corrected chi connectivity index (χ1v) is 7.26. The van der Waals surface area contributed by atoms with Crippen LogP contribution in [0, 0.1) is 24.2 Å². The lowest BCUT2D eigenvalue weighted by atomic mass is 9.66. The lowest BCUT2D eigenvalue weighted by Gasteiger charge is -2.43. The van der Waals surface area contributed by atoms with Crippen LogP contribution in [0.1, 0.15) is 58.8 Å². The van der Waals surface area contributed by atoms with Gasteiger partial charge in [0.1, 0.15) is 0 Å². The average molecular weight is 223 g/mol. The van der Waals surface area contributed by atoms with E-state index in [9.17, 15) is 0 Å². The van der Waals surface area contributed by atoms with Crippen LogP contribution in [0.25, 0.3) is 0 Å². The van der Waals surface area contributed by atoms with Gasteiger partial charge in [-0.2, -0.15) is 0 Å². The summed E-state index contributed by atoms with van der Waals surface area (Å²) >= 11 is 0. The second kappa shape index (κ2) is 6.05. The predicted octanol–water partition coefficient (Wildman–Crippen LogP) is 4.22. The second-order valence-electron chi connectivity index (χ2n) is 5.68. The summed E-state index contributed by atoms with van der Waals surface area (Å²) in [6, 6.07) is 0. The van der Waals surface area contributed by atoms with Crippen LogP contribution < -0.4 is 0 Å². The van der Waals surface area contributed by atoms with Crippen molar-refractivity contribution in [1.29, 1.82) is 0 Å². The van der Waals surface area contributed by atoms with Gasteiger partial charge in [0.05, 0.1) is 6.10 Å². The first-order chi connectivity index (χ1) is 7.85. The first-order valence-electron chi connectivity index (χ1n) is 7.26. The molecule has 1 heteroatoms. The fraction of sp³-hybridized carbons (Fsp3) is 0.933. The molecule has 0 aromatic heterocycles. The Morgan fingerprint density at radius 1 is 1.12 bits per heavy atom. The molecule has 2 aliphatic carbocycles. The van der Waals surface area contributed by atoms with E-state index < -0.39 is 0 Å². The highest BCUT2D eigenvalue weighted by molar-refractivity contribution is 4.92. The zero-order valence-electron chi connectivity index (χ0n) is 11.0. The van der Waals surface area contributed by atoms with Gasteiger partial charge >= 0.3 is 0 Å². The Morgan fingerprint density at radius 3 is 2.44 bits per heavy atom. The van der Waals surface area contributed by atoms with Crippen molar-refractivity contribution >= 4 is 0 Å². The third-order valence-corrected chi connectivity index (χ3v) is 4.62. The van der Waals surface area contributed by atoms with Gasteiger partial charge in [0.15, 0.2) is 0 Å².